The van der Waals surface area contributed by atoms with Crippen molar-refractivity contribution in [2.24, 2.45) is 11.0 Å². The van der Waals surface area contributed by atoms with E-state index in [4.69, 9.17) is 9.84 Å². The van der Waals surface area contributed by atoms with Gasteiger partial charge in [0.05, 0.1) is 12.5 Å². The molecule has 1 aliphatic rings. The second-order valence-electron chi connectivity index (χ2n) is 10.1. The second-order valence-corrected chi connectivity index (χ2v) is 10.1. The van der Waals surface area contributed by atoms with Crippen molar-refractivity contribution >= 4 is 29.4 Å². The van der Waals surface area contributed by atoms with Gasteiger partial charge in [0.1, 0.15) is 0 Å². The van der Waals surface area contributed by atoms with Crippen molar-refractivity contribution in [3.05, 3.63) is 101 Å². The zero-order valence-electron chi connectivity index (χ0n) is 22.9. The van der Waals surface area contributed by atoms with Gasteiger partial charge in [-0.3, -0.25) is 14.4 Å². The molecule has 4 rings (SSSR count). The molecule has 0 aromatic heterocycles. The first kappa shape index (κ1) is 28.5. The van der Waals surface area contributed by atoms with Crippen LogP contribution in [-0.2, 0) is 32.1 Å². The van der Waals surface area contributed by atoms with Crippen molar-refractivity contribution in [2.45, 2.75) is 52.0 Å². The van der Waals surface area contributed by atoms with Gasteiger partial charge in [0.2, 0.25) is 11.8 Å². The van der Waals surface area contributed by atoms with Gasteiger partial charge in [-0.05, 0) is 59.7 Å². The fourth-order valence-electron chi connectivity index (χ4n) is 4.88. The van der Waals surface area contributed by atoms with Crippen molar-refractivity contribution in [2.75, 3.05) is 11.9 Å². The Morgan fingerprint density at radius 1 is 1.02 bits per heavy atom. The molecule has 0 spiro atoms. The van der Waals surface area contributed by atoms with E-state index in [2.05, 4.69) is 24.3 Å². The lowest BCUT2D eigenvalue weighted by molar-refractivity contribution is -0.137. The maximum atomic E-state index is 13.5. The summed E-state index contributed by atoms with van der Waals surface area (Å²) in [6, 6.07) is 24.5. The molecule has 2 amide bonds. The second kappa shape index (κ2) is 13.6. The summed E-state index contributed by atoms with van der Waals surface area (Å²) in [6.07, 6.45) is 2.28. The summed E-state index contributed by atoms with van der Waals surface area (Å²) in [6.45, 7) is 4.41. The van der Waals surface area contributed by atoms with Crippen LogP contribution < -0.4 is 5.32 Å². The molecule has 0 bridgehead atoms. The average molecular weight is 542 g/mol. The van der Waals surface area contributed by atoms with Gasteiger partial charge >= 0.3 is 5.97 Å². The van der Waals surface area contributed by atoms with Crippen LogP contribution in [-0.4, -0.2) is 40.4 Å². The summed E-state index contributed by atoms with van der Waals surface area (Å²) in [7, 11) is 0. The summed E-state index contributed by atoms with van der Waals surface area (Å²) in [5.74, 6) is -1.04. The van der Waals surface area contributed by atoms with Crippen LogP contribution in [0.4, 0.5) is 5.69 Å². The molecular formula is C32H35N3O5. The molecule has 3 aromatic carbocycles. The number of carboxylic acid groups (broad SMARTS) is 1. The van der Waals surface area contributed by atoms with Crippen LogP contribution in [0.1, 0.15) is 61.3 Å². The van der Waals surface area contributed by atoms with E-state index in [-0.39, 0.29) is 36.7 Å². The van der Waals surface area contributed by atoms with E-state index in [1.54, 1.807) is 0 Å². The minimum Gasteiger partial charge on any atom is -0.481 e. The number of nitrogens with one attached hydrogen (secondary N) is 1. The van der Waals surface area contributed by atoms with Gasteiger partial charge in [0, 0.05) is 17.7 Å². The molecular weight excluding hydrogens is 506 g/mol. The molecule has 0 fully saturated rings. The Bertz CT molecular complexity index is 1350. The Hall–Kier alpha value is -4.46. The summed E-state index contributed by atoms with van der Waals surface area (Å²) in [5, 5.41) is 17.9. The standard InChI is InChI=1S/C32H35N3O5/c1-3-8-22(2)30(31(39)33-27-12-7-9-23(19-27)15-18-29(37)38)25-16-13-24(14-17-25)20-35-28(36)21-40-32(34-35)26-10-5-4-6-11-26/h4-7,9-14,16-17,19,22,30H,3,8,15,18,20-21H2,1-2H3,(H,33,39)(H,37,38). The number of nitrogens with zero attached hydrogens (tertiary/aromatic N) is 2. The molecule has 8 nitrogen and oxygen atoms in total. The Balaban J connectivity index is 1.49. The molecule has 0 aliphatic carbocycles. The van der Waals surface area contributed by atoms with E-state index in [9.17, 15) is 14.4 Å². The van der Waals surface area contributed by atoms with Crippen molar-refractivity contribution < 1.29 is 24.2 Å². The highest BCUT2D eigenvalue weighted by Crippen LogP contribution is 2.30. The molecule has 2 N–H and O–H groups in total. The number of carbonyl (C=O) groups is 3. The summed E-state index contributed by atoms with van der Waals surface area (Å²) >= 11 is 0. The van der Waals surface area contributed by atoms with E-state index < -0.39 is 5.97 Å². The molecule has 0 saturated heterocycles. The largest absolute Gasteiger partial charge is 0.481 e. The molecule has 2 atom stereocenters. The van der Waals surface area contributed by atoms with Crippen LogP contribution in [0.25, 0.3) is 0 Å². The number of aryl methyl sites for hydroxylation is 1. The first-order valence-electron chi connectivity index (χ1n) is 13.6. The highest BCUT2D eigenvalue weighted by atomic mass is 16.5. The van der Waals surface area contributed by atoms with E-state index >= 15 is 0 Å². The quantitative estimate of drug-likeness (QED) is 0.311. The van der Waals surface area contributed by atoms with Crippen LogP contribution >= 0.6 is 0 Å². The number of aliphatic carboxylic acids is 1. The van der Waals surface area contributed by atoms with Crippen LogP contribution in [0, 0.1) is 5.92 Å². The molecule has 8 heteroatoms. The molecule has 0 saturated carbocycles. The molecule has 3 aromatic rings. The van der Waals surface area contributed by atoms with Crippen molar-refractivity contribution in [3.63, 3.8) is 0 Å². The van der Waals surface area contributed by atoms with Crippen LogP contribution in [0.2, 0.25) is 0 Å². The predicted octanol–water partition coefficient (Wildman–Crippen LogP) is 5.58. The molecule has 0 radical (unpaired) electrons. The fraction of sp³-hybridized carbons (Fsp3) is 0.312. The highest BCUT2D eigenvalue weighted by Gasteiger charge is 2.27. The smallest absolute Gasteiger partial charge is 0.303 e. The normalized spacial score (nSPS) is 14.6. The number of carbonyl (C=O) groups excluding carboxylic acids is 2. The predicted molar refractivity (Wildman–Crippen MR) is 154 cm³/mol. The third kappa shape index (κ3) is 7.56. The fourth-order valence-corrected chi connectivity index (χ4v) is 4.88. The summed E-state index contributed by atoms with van der Waals surface area (Å²) in [4.78, 5) is 37.0. The number of rotatable bonds is 12. The van der Waals surface area contributed by atoms with Gasteiger partial charge in [0.15, 0.2) is 6.61 Å². The third-order valence-corrected chi connectivity index (χ3v) is 6.94. The minimum atomic E-state index is -0.854. The van der Waals surface area contributed by atoms with Crippen LogP contribution in [0.15, 0.2) is 84.0 Å². The van der Waals surface area contributed by atoms with E-state index in [0.717, 1.165) is 35.1 Å². The number of carboxylic acids is 1. The molecule has 1 heterocycles. The maximum Gasteiger partial charge on any atom is 0.303 e. The Morgan fingerprint density at radius 3 is 2.48 bits per heavy atom. The molecule has 1 aliphatic heterocycles. The topological polar surface area (TPSA) is 108 Å². The van der Waals surface area contributed by atoms with Gasteiger partial charge in [-0.15, -0.1) is 5.10 Å². The van der Waals surface area contributed by atoms with Gasteiger partial charge in [-0.25, -0.2) is 5.01 Å². The van der Waals surface area contributed by atoms with Gasteiger partial charge in [-0.1, -0.05) is 74.9 Å². The summed E-state index contributed by atoms with van der Waals surface area (Å²) < 4.78 is 5.54. The molecule has 2 unspecified atom stereocenters. The highest BCUT2D eigenvalue weighted by molar-refractivity contribution is 5.98. The SMILES string of the molecule is CCCC(C)C(C(=O)Nc1cccc(CCC(=O)O)c1)c1ccc(CN2N=C(c3ccccc3)OCC2=O)cc1. The number of hydrogen-bond acceptors (Lipinski definition) is 5. The first-order valence-corrected chi connectivity index (χ1v) is 13.6. The number of anilines is 1. The Labute approximate surface area is 234 Å². The number of hydrogen-bond donors (Lipinski definition) is 2. The van der Waals surface area contributed by atoms with E-state index in [0.29, 0.717) is 24.6 Å². The first-order chi connectivity index (χ1) is 19.3. The lowest BCUT2D eigenvalue weighted by Gasteiger charge is -2.25. The minimum absolute atomic E-state index is 0.0365. The van der Waals surface area contributed by atoms with Crippen molar-refractivity contribution in [1.29, 1.82) is 0 Å². The van der Waals surface area contributed by atoms with Crippen molar-refractivity contribution in [3.8, 4) is 0 Å². The monoisotopic (exact) mass is 541 g/mol. The number of amides is 2. The van der Waals surface area contributed by atoms with Gasteiger partial charge in [-0.2, -0.15) is 0 Å². The lowest BCUT2D eigenvalue weighted by atomic mass is 9.83. The van der Waals surface area contributed by atoms with Gasteiger partial charge in [0.25, 0.3) is 5.91 Å². The molecule has 40 heavy (non-hydrogen) atoms. The maximum absolute atomic E-state index is 13.5. The number of ether oxygens (including phenoxy) is 1. The third-order valence-electron chi connectivity index (χ3n) is 6.94. The zero-order valence-corrected chi connectivity index (χ0v) is 22.9. The van der Waals surface area contributed by atoms with E-state index in [1.807, 2.05) is 78.9 Å². The number of hydrazone groups is 1. The van der Waals surface area contributed by atoms with Gasteiger partial charge < -0.3 is 15.2 Å². The molecule has 208 valence electrons. The van der Waals surface area contributed by atoms with Crippen LogP contribution in [0.5, 0.6) is 0 Å². The Morgan fingerprint density at radius 2 is 1.77 bits per heavy atom. The average Bonchev–Trinajstić information content (AvgIpc) is 2.95. The van der Waals surface area contributed by atoms with Crippen molar-refractivity contribution in [1.82, 2.24) is 5.01 Å². The van der Waals surface area contributed by atoms with E-state index in [1.165, 1.54) is 5.01 Å². The Kier molecular flexibility index (Phi) is 9.67. The summed E-state index contributed by atoms with van der Waals surface area (Å²) in [5.41, 5.74) is 4.10. The zero-order chi connectivity index (χ0) is 28.5. The number of benzene rings is 3. The van der Waals surface area contributed by atoms with Crippen LogP contribution in [0.3, 0.4) is 0 Å². The lowest BCUT2D eigenvalue weighted by Crippen LogP contribution is -2.36.